The van der Waals surface area contributed by atoms with Crippen LogP contribution in [0.5, 0.6) is 0 Å². The Morgan fingerprint density at radius 2 is 1.95 bits per heavy atom. The molecule has 0 amide bonds. The van der Waals surface area contributed by atoms with Gasteiger partial charge in [-0.05, 0) is 74.5 Å². The number of carboxylic acid groups (broad SMARTS) is 1. The Morgan fingerprint density at radius 3 is 2.59 bits per heavy atom. The van der Waals surface area contributed by atoms with E-state index >= 15 is 0 Å². The molecule has 0 aromatic rings. The number of hydrogen-bond acceptors (Lipinski definition) is 1. The molecule has 0 spiro atoms. The van der Waals surface area contributed by atoms with Crippen LogP contribution in [0.1, 0.15) is 72.6 Å². The summed E-state index contributed by atoms with van der Waals surface area (Å²) in [6.45, 7) is 9.09. The van der Waals surface area contributed by atoms with Gasteiger partial charge in [0.15, 0.2) is 0 Å². The summed E-state index contributed by atoms with van der Waals surface area (Å²) in [4.78, 5) is 12.0. The van der Waals surface area contributed by atoms with Crippen LogP contribution in [0.2, 0.25) is 0 Å². The van der Waals surface area contributed by atoms with Crippen LogP contribution in [0.4, 0.5) is 0 Å². The summed E-state index contributed by atoms with van der Waals surface area (Å²) in [7, 11) is 0. The van der Waals surface area contributed by atoms with Crippen molar-refractivity contribution >= 4 is 5.97 Å². The lowest BCUT2D eigenvalue weighted by Gasteiger charge is -2.58. The van der Waals surface area contributed by atoms with Crippen molar-refractivity contribution in [1.82, 2.24) is 0 Å². The highest BCUT2D eigenvalue weighted by Gasteiger charge is 2.58. The van der Waals surface area contributed by atoms with E-state index in [4.69, 9.17) is 0 Å². The van der Waals surface area contributed by atoms with Gasteiger partial charge in [-0.3, -0.25) is 4.79 Å². The Kier molecular flexibility index (Phi) is 3.94. The van der Waals surface area contributed by atoms with E-state index in [0.717, 1.165) is 37.5 Å². The molecule has 22 heavy (non-hydrogen) atoms. The minimum atomic E-state index is -0.563. The van der Waals surface area contributed by atoms with Crippen LogP contribution in [0.3, 0.4) is 0 Å². The molecule has 3 aliphatic rings. The minimum Gasteiger partial charge on any atom is -0.481 e. The summed E-state index contributed by atoms with van der Waals surface area (Å²) in [6.07, 6.45) is 10.5. The fraction of sp³-hybridized carbons (Fsp3) is 0.850. The summed E-state index contributed by atoms with van der Waals surface area (Å²) in [5.41, 5.74) is 1.36. The van der Waals surface area contributed by atoms with Gasteiger partial charge >= 0.3 is 5.97 Å². The third-order valence-electron chi connectivity index (χ3n) is 7.50. The predicted molar refractivity (Wildman–Crippen MR) is 89.6 cm³/mol. The highest BCUT2D eigenvalue weighted by Crippen LogP contribution is 2.63. The van der Waals surface area contributed by atoms with Crippen molar-refractivity contribution in [3.05, 3.63) is 11.6 Å². The van der Waals surface area contributed by atoms with E-state index in [1.54, 1.807) is 5.57 Å². The number of carbonyl (C=O) groups is 1. The predicted octanol–water partition coefficient (Wildman–Crippen LogP) is 5.29. The monoisotopic (exact) mass is 304 g/mol. The number of aliphatic carboxylic acids is 1. The maximum Gasteiger partial charge on any atom is 0.309 e. The summed E-state index contributed by atoms with van der Waals surface area (Å²) in [5.74, 6) is 1.89. The van der Waals surface area contributed by atoms with Crippen molar-refractivity contribution in [2.75, 3.05) is 0 Å². The molecular weight excluding hydrogens is 272 g/mol. The molecule has 5 atom stereocenters. The van der Waals surface area contributed by atoms with Crippen molar-refractivity contribution in [2.45, 2.75) is 72.6 Å². The van der Waals surface area contributed by atoms with E-state index < -0.39 is 11.4 Å². The first-order chi connectivity index (χ1) is 10.3. The topological polar surface area (TPSA) is 37.3 Å². The van der Waals surface area contributed by atoms with Crippen LogP contribution in [0.25, 0.3) is 0 Å². The van der Waals surface area contributed by atoms with E-state index in [2.05, 4.69) is 26.8 Å². The Balaban J connectivity index is 1.94. The van der Waals surface area contributed by atoms with Crippen molar-refractivity contribution in [3.63, 3.8) is 0 Å². The summed E-state index contributed by atoms with van der Waals surface area (Å²) >= 11 is 0. The van der Waals surface area contributed by atoms with Crippen LogP contribution < -0.4 is 0 Å². The van der Waals surface area contributed by atoms with Crippen molar-refractivity contribution in [2.24, 2.45) is 34.5 Å². The zero-order valence-electron chi connectivity index (χ0n) is 14.7. The van der Waals surface area contributed by atoms with Gasteiger partial charge in [0.05, 0.1) is 5.41 Å². The first-order valence-corrected chi connectivity index (χ1v) is 9.23. The van der Waals surface area contributed by atoms with Crippen LogP contribution in [-0.4, -0.2) is 11.1 Å². The smallest absolute Gasteiger partial charge is 0.309 e. The molecule has 3 aliphatic carbocycles. The van der Waals surface area contributed by atoms with E-state index in [1.165, 1.54) is 19.3 Å². The van der Waals surface area contributed by atoms with E-state index in [0.29, 0.717) is 11.8 Å². The molecule has 2 heteroatoms. The molecule has 2 fully saturated rings. The molecular formula is C20H32O2. The number of hydrogen-bond donors (Lipinski definition) is 1. The molecule has 124 valence electrons. The average molecular weight is 304 g/mol. The summed E-state index contributed by atoms with van der Waals surface area (Å²) < 4.78 is 0. The fourth-order valence-electron chi connectivity index (χ4n) is 6.10. The number of fused-ring (bicyclic) bond motifs is 3. The second-order valence-corrected chi connectivity index (χ2v) is 8.95. The number of allylic oxidation sites excluding steroid dienone is 2. The highest BCUT2D eigenvalue weighted by molar-refractivity contribution is 5.75. The third-order valence-corrected chi connectivity index (χ3v) is 7.50. The number of rotatable bonds is 2. The van der Waals surface area contributed by atoms with Gasteiger partial charge in [-0.15, -0.1) is 0 Å². The molecule has 0 saturated heterocycles. The highest BCUT2D eigenvalue weighted by atomic mass is 16.4. The van der Waals surface area contributed by atoms with Crippen LogP contribution in [0, 0.1) is 34.5 Å². The zero-order valence-corrected chi connectivity index (χ0v) is 14.7. The summed E-state index contributed by atoms with van der Waals surface area (Å²) in [5, 5.41) is 9.85. The SMILES string of the molecule is CC(C)C1C=C2CCC3C(C)(CCC[C@@]3(C)C(=O)O)C2CC1. The summed E-state index contributed by atoms with van der Waals surface area (Å²) in [6, 6.07) is 0. The van der Waals surface area contributed by atoms with Crippen molar-refractivity contribution in [3.8, 4) is 0 Å². The molecule has 0 radical (unpaired) electrons. The first kappa shape index (κ1) is 16.1. The molecule has 0 aromatic heterocycles. The second kappa shape index (κ2) is 5.39. The Bertz CT molecular complexity index is 492. The maximum absolute atomic E-state index is 12.0. The van der Waals surface area contributed by atoms with Crippen LogP contribution in [0.15, 0.2) is 11.6 Å². The van der Waals surface area contributed by atoms with Gasteiger partial charge in [-0.1, -0.05) is 38.8 Å². The molecule has 0 heterocycles. The van der Waals surface area contributed by atoms with Gasteiger partial charge in [0.2, 0.25) is 0 Å². The molecule has 0 aliphatic heterocycles. The quantitative estimate of drug-likeness (QED) is 0.704. The van der Waals surface area contributed by atoms with Crippen LogP contribution in [-0.2, 0) is 4.79 Å². The molecule has 3 rings (SSSR count). The molecule has 1 N–H and O–H groups in total. The molecule has 0 aromatic carbocycles. The van der Waals surface area contributed by atoms with Gasteiger partial charge < -0.3 is 5.11 Å². The lowest BCUT2D eigenvalue weighted by atomic mass is 9.45. The van der Waals surface area contributed by atoms with E-state index in [1.807, 2.05) is 6.92 Å². The van der Waals surface area contributed by atoms with Gasteiger partial charge in [-0.2, -0.15) is 0 Å². The molecule has 0 bridgehead atoms. The van der Waals surface area contributed by atoms with Gasteiger partial charge in [0.25, 0.3) is 0 Å². The lowest BCUT2D eigenvalue weighted by Crippen LogP contribution is -2.54. The standard InChI is InChI=1S/C20H32O2/c1-13(2)14-6-8-16-15(12-14)7-9-17-19(16,3)10-5-11-20(17,4)18(21)22/h12-14,16-17H,5-11H2,1-4H3,(H,21,22)/t14?,16?,17?,19?,20-/m1/s1. The molecule has 4 unspecified atom stereocenters. The number of carboxylic acids is 1. The largest absolute Gasteiger partial charge is 0.481 e. The molecule has 2 saturated carbocycles. The fourth-order valence-corrected chi connectivity index (χ4v) is 6.10. The Hall–Kier alpha value is -0.790. The lowest BCUT2D eigenvalue weighted by molar-refractivity contribution is -0.164. The molecule has 2 nitrogen and oxygen atoms in total. The van der Waals surface area contributed by atoms with Gasteiger partial charge in [0.1, 0.15) is 0 Å². The maximum atomic E-state index is 12.0. The van der Waals surface area contributed by atoms with E-state index in [-0.39, 0.29) is 5.41 Å². The Labute approximate surface area is 135 Å². The van der Waals surface area contributed by atoms with E-state index in [9.17, 15) is 9.90 Å². The second-order valence-electron chi connectivity index (χ2n) is 8.95. The zero-order chi connectivity index (χ0) is 16.1. The normalized spacial score (nSPS) is 45.0. The van der Waals surface area contributed by atoms with Gasteiger partial charge in [0, 0.05) is 0 Å². The average Bonchev–Trinajstić information content (AvgIpc) is 2.46. The third kappa shape index (κ3) is 2.25. The minimum absolute atomic E-state index is 0.206. The van der Waals surface area contributed by atoms with Crippen molar-refractivity contribution < 1.29 is 9.90 Å². The van der Waals surface area contributed by atoms with Crippen molar-refractivity contribution in [1.29, 1.82) is 0 Å². The Morgan fingerprint density at radius 1 is 1.23 bits per heavy atom. The van der Waals surface area contributed by atoms with Gasteiger partial charge in [-0.25, -0.2) is 0 Å². The first-order valence-electron chi connectivity index (χ1n) is 9.23. The van der Waals surface area contributed by atoms with Crippen LogP contribution >= 0.6 is 0 Å².